The van der Waals surface area contributed by atoms with Crippen molar-refractivity contribution in [2.24, 2.45) is 5.92 Å². The molecule has 3 nitrogen and oxygen atoms in total. The fourth-order valence-corrected chi connectivity index (χ4v) is 2.91. The van der Waals surface area contributed by atoms with Crippen molar-refractivity contribution in [1.82, 2.24) is 14.9 Å². The molecule has 1 N–H and O–H groups in total. The molecule has 0 aliphatic heterocycles. The van der Waals surface area contributed by atoms with Gasteiger partial charge in [-0.3, -0.25) is 0 Å². The standard InChI is InChI=1S/C17H33N3/c1-5-9-10-15(7-3)16(18-11-6-2)14-17-19-12-13-20(17)8-4/h12-13,15-16,18H,5-11,14H2,1-4H3. The molecule has 1 heterocycles. The Bertz CT molecular complexity index is 346. The van der Waals surface area contributed by atoms with Crippen molar-refractivity contribution in [3.63, 3.8) is 0 Å². The first-order valence-electron chi connectivity index (χ1n) is 8.50. The van der Waals surface area contributed by atoms with Crippen LogP contribution in [0.5, 0.6) is 0 Å². The molecule has 1 aromatic rings. The Morgan fingerprint density at radius 1 is 1.20 bits per heavy atom. The summed E-state index contributed by atoms with van der Waals surface area (Å²) in [6.45, 7) is 11.2. The van der Waals surface area contributed by atoms with E-state index < -0.39 is 0 Å². The third-order valence-corrected chi connectivity index (χ3v) is 4.22. The van der Waals surface area contributed by atoms with Crippen LogP contribution in [-0.2, 0) is 13.0 Å². The van der Waals surface area contributed by atoms with Crippen molar-refractivity contribution in [1.29, 1.82) is 0 Å². The van der Waals surface area contributed by atoms with Crippen LogP contribution in [0.1, 0.15) is 65.6 Å². The number of hydrogen-bond acceptors (Lipinski definition) is 2. The number of nitrogens with one attached hydrogen (secondary N) is 1. The maximum Gasteiger partial charge on any atom is 0.110 e. The highest BCUT2D eigenvalue weighted by atomic mass is 15.1. The molecular formula is C17H33N3. The average molecular weight is 279 g/mol. The van der Waals surface area contributed by atoms with Gasteiger partial charge in [-0.15, -0.1) is 0 Å². The van der Waals surface area contributed by atoms with Gasteiger partial charge in [0.2, 0.25) is 0 Å². The van der Waals surface area contributed by atoms with Crippen LogP contribution < -0.4 is 5.32 Å². The summed E-state index contributed by atoms with van der Waals surface area (Å²) in [5.74, 6) is 2.00. The molecule has 1 aromatic heterocycles. The van der Waals surface area contributed by atoms with Crippen molar-refractivity contribution >= 4 is 0 Å². The van der Waals surface area contributed by atoms with Crippen LogP contribution >= 0.6 is 0 Å². The van der Waals surface area contributed by atoms with Gasteiger partial charge in [0.15, 0.2) is 0 Å². The van der Waals surface area contributed by atoms with E-state index in [1.807, 2.05) is 6.20 Å². The molecule has 0 spiro atoms. The topological polar surface area (TPSA) is 29.9 Å². The van der Waals surface area contributed by atoms with Crippen LogP contribution in [0.15, 0.2) is 12.4 Å². The molecule has 0 amide bonds. The molecule has 0 aliphatic rings. The summed E-state index contributed by atoms with van der Waals surface area (Å²) in [6.07, 6.45) is 11.5. The number of aromatic nitrogens is 2. The van der Waals surface area contributed by atoms with Crippen molar-refractivity contribution in [3.05, 3.63) is 18.2 Å². The van der Waals surface area contributed by atoms with Crippen LogP contribution in [0.4, 0.5) is 0 Å². The molecule has 116 valence electrons. The molecule has 0 saturated heterocycles. The number of aryl methyl sites for hydroxylation is 1. The van der Waals surface area contributed by atoms with Crippen LogP contribution in [0, 0.1) is 5.92 Å². The van der Waals surface area contributed by atoms with E-state index in [0.717, 1.165) is 25.4 Å². The number of imidazole rings is 1. The average Bonchev–Trinajstić information content (AvgIpc) is 2.92. The molecule has 0 saturated carbocycles. The van der Waals surface area contributed by atoms with E-state index in [1.165, 1.54) is 37.9 Å². The molecule has 3 heteroatoms. The summed E-state index contributed by atoms with van der Waals surface area (Å²) < 4.78 is 2.27. The predicted molar refractivity (Wildman–Crippen MR) is 87.0 cm³/mol. The van der Waals surface area contributed by atoms with Gasteiger partial charge in [0, 0.05) is 31.4 Å². The Balaban J connectivity index is 2.71. The van der Waals surface area contributed by atoms with Gasteiger partial charge in [-0.2, -0.15) is 0 Å². The Morgan fingerprint density at radius 3 is 2.60 bits per heavy atom. The monoisotopic (exact) mass is 279 g/mol. The Hall–Kier alpha value is -0.830. The van der Waals surface area contributed by atoms with Gasteiger partial charge in [0.25, 0.3) is 0 Å². The van der Waals surface area contributed by atoms with Gasteiger partial charge in [-0.05, 0) is 32.2 Å². The van der Waals surface area contributed by atoms with Gasteiger partial charge >= 0.3 is 0 Å². The molecular weight excluding hydrogens is 246 g/mol. The van der Waals surface area contributed by atoms with Gasteiger partial charge in [-0.25, -0.2) is 4.98 Å². The minimum absolute atomic E-state index is 0.569. The normalized spacial score (nSPS) is 14.4. The number of hydrogen-bond donors (Lipinski definition) is 1. The molecule has 0 radical (unpaired) electrons. The first-order valence-corrected chi connectivity index (χ1v) is 8.50. The summed E-state index contributed by atoms with van der Waals surface area (Å²) in [6, 6.07) is 0.569. The maximum absolute atomic E-state index is 4.55. The lowest BCUT2D eigenvalue weighted by atomic mass is 9.89. The third kappa shape index (κ3) is 5.28. The minimum atomic E-state index is 0.569. The van der Waals surface area contributed by atoms with Crippen molar-refractivity contribution < 1.29 is 0 Å². The molecule has 2 atom stereocenters. The lowest BCUT2D eigenvalue weighted by Crippen LogP contribution is -2.39. The quantitative estimate of drug-likeness (QED) is 0.663. The van der Waals surface area contributed by atoms with Gasteiger partial charge in [0.05, 0.1) is 0 Å². The smallest absolute Gasteiger partial charge is 0.110 e. The first kappa shape index (κ1) is 17.2. The minimum Gasteiger partial charge on any atom is -0.335 e. The van der Waals surface area contributed by atoms with E-state index >= 15 is 0 Å². The fourth-order valence-electron chi connectivity index (χ4n) is 2.91. The van der Waals surface area contributed by atoms with E-state index in [9.17, 15) is 0 Å². The van der Waals surface area contributed by atoms with Crippen molar-refractivity contribution in [2.75, 3.05) is 6.54 Å². The first-order chi connectivity index (χ1) is 9.76. The highest BCUT2D eigenvalue weighted by Gasteiger charge is 2.21. The Morgan fingerprint density at radius 2 is 2.00 bits per heavy atom. The lowest BCUT2D eigenvalue weighted by molar-refractivity contribution is 0.310. The zero-order chi connectivity index (χ0) is 14.8. The molecule has 0 aliphatic carbocycles. The van der Waals surface area contributed by atoms with Gasteiger partial charge in [0.1, 0.15) is 5.82 Å². The number of unbranched alkanes of at least 4 members (excludes halogenated alkanes) is 1. The predicted octanol–water partition coefficient (Wildman–Crippen LogP) is 4.03. The highest BCUT2D eigenvalue weighted by molar-refractivity contribution is 4.97. The molecule has 0 bridgehead atoms. The van der Waals surface area contributed by atoms with E-state index in [0.29, 0.717) is 6.04 Å². The fraction of sp³-hybridized carbons (Fsp3) is 0.824. The zero-order valence-corrected chi connectivity index (χ0v) is 13.9. The Kier molecular flexibility index (Phi) is 8.59. The van der Waals surface area contributed by atoms with E-state index in [4.69, 9.17) is 0 Å². The molecule has 1 rings (SSSR count). The SMILES string of the molecule is CCCCC(CC)C(Cc1nccn1CC)NCCC. The second-order valence-corrected chi connectivity index (χ2v) is 5.70. The second-order valence-electron chi connectivity index (χ2n) is 5.70. The van der Waals surface area contributed by atoms with Crippen LogP contribution in [0.3, 0.4) is 0 Å². The lowest BCUT2D eigenvalue weighted by Gasteiger charge is -2.27. The van der Waals surface area contributed by atoms with Crippen molar-refractivity contribution in [3.8, 4) is 0 Å². The molecule has 2 unspecified atom stereocenters. The third-order valence-electron chi connectivity index (χ3n) is 4.22. The van der Waals surface area contributed by atoms with Crippen LogP contribution in [0.25, 0.3) is 0 Å². The highest BCUT2D eigenvalue weighted by Crippen LogP contribution is 2.20. The molecule has 20 heavy (non-hydrogen) atoms. The van der Waals surface area contributed by atoms with Crippen LogP contribution in [0.2, 0.25) is 0 Å². The summed E-state index contributed by atoms with van der Waals surface area (Å²) in [5.41, 5.74) is 0. The van der Waals surface area contributed by atoms with E-state index in [2.05, 4.69) is 48.8 Å². The number of rotatable bonds is 11. The van der Waals surface area contributed by atoms with Crippen LogP contribution in [-0.4, -0.2) is 22.1 Å². The number of nitrogens with zero attached hydrogens (tertiary/aromatic N) is 2. The van der Waals surface area contributed by atoms with E-state index in [-0.39, 0.29) is 0 Å². The van der Waals surface area contributed by atoms with Gasteiger partial charge in [-0.1, -0.05) is 40.0 Å². The summed E-state index contributed by atoms with van der Waals surface area (Å²) >= 11 is 0. The summed E-state index contributed by atoms with van der Waals surface area (Å²) in [4.78, 5) is 4.55. The summed E-state index contributed by atoms with van der Waals surface area (Å²) in [7, 11) is 0. The zero-order valence-electron chi connectivity index (χ0n) is 13.9. The largest absolute Gasteiger partial charge is 0.335 e. The van der Waals surface area contributed by atoms with E-state index in [1.54, 1.807) is 0 Å². The maximum atomic E-state index is 4.55. The van der Waals surface area contributed by atoms with Gasteiger partial charge < -0.3 is 9.88 Å². The Labute approximate surface area is 125 Å². The molecule has 0 fully saturated rings. The summed E-state index contributed by atoms with van der Waals surface area (Å²) in [5, 5.41) is 3.77. The molecule has 0 aromatic carbocycles. The van der Waals surface area contributed by atoms with Crippen molar-refractivity contribution in [2.45, 2.75) is 78.8 Å². The second kappa shape index (κ2) is 9.98.